The van der Waals surface area contributed by atoms with E-state index in [1.807, 2.05) is 49.0 Å². The lowest BCUT2D eigenvalue weighted by Gasteiger charge is -2.35. The molecule has 0 spiro atoms. The molecule has 232 valence electrons. The van der Waals surface area contributed by atoms with Crippen LogP contribution in [0.4, 0.5) is 18.9 Å². The number of ether oxygens (including phenoxy) is 1. The molecule has 5 aromatic rings. The van der Waals surface area contributed by atoms with Crippen molar-refractivity contribution in [3.05, 3.63) is 84.3 Å². The molecule has 0 aliphatic carbocycles. The Balaban J connectivity index is 1.31. The molecule has 1 aliphatic heterocycles. The van der Waals surface area contributed by atoms with Crippen LogP contribution >= 0.6 is 0 Å². The number of halogens is 3. The van der Waals surface area contributed by atoms with Gasteiger partial charge in [0.25, 0.3) is 0 Å². The summed E-state index contributed by atoms with van der Waals surface area (Å²) in [5.74, 6) is 1.44. The Bertz CT molecular complexity index is 1850. The second kappa shape index (κ2) is 12.2. The molecule has 45 heavy (non-hydrogen) atoms. The Morgan fingerprint density at radius 3 is 2.40 bits per heavy atom. The molecule has 1 saturated heterocycles. The predicted molar refractivity (Wildman–Crippen MR) is 167 cm³/mol. The fraction of sp³-hybridized carbons (Fsp3) is 0.294. The first kappa shape index (κ1) is 30.1. The van der Waals surface area contributed by atoms with E-state index in [2.05, 4.69) is 15.3 Å². The number of aryl methyl sites for hydroxylation is 2. The van der Waals surface area contributed by atoms with E-state index in [9.17, 15) is 18.0 Å². The molecule has 0 bridgehead atoms. The third kappa shape index (κ3) is 6.47. The number of aromatic nitrogens is 4. The topological polar surface area (TPSA) is 85.2 Å². The number of piperidine rings is 1. The number of rotatable bonds is 7. The quantitative estimate of drug-likeness (QED) is 0.209. The standard InChI is InChI=1S/C34H33F3N6O2/c1-21-4-5-26(19-30(21)45-33-31-28(12-15-42(31)3)40-32(41-33)24-8-13-38-14-9-24)25-6-7-29(27(18-25)34(35,36)37)43-16-10-23(11-17-43)20-39-22(2)44/h4-9,12-15,18-19,23H,10-11,16-17,20H2,1-3H3,(H,39,44). The van der Waals surface area contributed by atoms with Crippen molar-refractivity contribution in [1.82, 2.24) is 24.8 Å². The zero-order chi connectivity index (χ0) is 31.7. The van der Waals surface area contributed by atoms with Crippen LogP contribution in [0.5, 0.6) is 11.6 Å². The molecule has 6 rings (SSSR count). The summed E-state index contributed by atoms with van der Waals surface area (Å²) in [5.41, 5.74) is 3.50. The second-order valence-corrected chi connectivity index (χ2v) is 11.4. The number of nitrogens with one attached hydrogen (secondary N) is 1. The highest BCUT2D eigenvalue weighted by atomic mass is 19.4. The molecule has 8 nitrogen and oxygen atoms in total. The number of fused-ring (bicyclic) bond motifs is 1. The fourth-order valence-electron chi connectivity index (χ4n) is 5.73. The van der Waals surface area contributed by atoms with E-state index in [-0.39, 0.29) is 17.5 Å². The van der Waals surface area contributed by atoms with Crippen molar-refractivity contribution < 1.29 is 22.7 Å². The normalized spacial score (nSPS) is 14.1. The third-order valence-corrected chi connectivity index (χ3v) is 8.25. The van der Waals surface area contributed by atoms with E-state index in [0.717, 1.165) is 11.1 Å². The van der Waals surface area contributed by atoms with E-state index in [4.69, 9.17) is 9.72 Å². The summed E-state index contributed by atoms with van der Waals surface area (Å²) in [6.45, 7) is 4.87. The molecule has 1 fully saturated rings. The molecule has 0 saturated carbocycles. The molecule has 1 amide bonds. The number of hydrogen-bond acceptors (Lipinski definition) is 6. The number of hydrogen-bond donors (Lipinski definition) is 1. The van der Waals surface area contributed by atoms with Crippen molar-refractivity contribution >= 4 is 22.6 Å². The Morgan fingerprint density at radius 2 is 1.69 bits per heavy atom. The zero-order valence-electron chi connectivity index (χ0n) is 25.2. The van der Waals surface area contributed by atoms with Gasteiger partial charge in [-0.05, 0) is 78.8 Å². The van der Waals surface area contributed by atoms with Gasteiger partial charge < -0.3 is 19.5 Å². The number of carbonyl (C=O) groups is 1. The predicted octanol–water partition coefficient (Wildman–Crippen LogP) is 7.17. The minimum absolute atomic E-state index is 0.1000. The first-order chi connectivity index (χ1) is 21.6. The van der Waals surface area contributed by atoms with Gasteiger partial charge in [0.15, 0.2) is 5.82 Å². The third-order valence-electron chi connectivity index (χ3n) is 8.25. The second-order valence-electron chi connectivity index (χ2n) is 11.4. The molecule has 0 unspecified atom stereocenters. The highest BCUT2D eigenvalue weighted by Crippen LogP contribution is 2.41. The number of carbonyl (C=O) groups excluding carboxylic acids is 1. The fourth-order valence-corrected chi connectivity index (χ4v) is 5.73. The molecular formula is C34H33F3N6O2. The number of benzene rings is 2. The van der Waals surface area contributed by atoms with Crippen molar-refractivity contribution in [2.75, 3.05) is 24.5 Å². The Hall–Kier alpha value is -4.93. The van der Waals surface area contributed by atoms with Crippen molar-refractivity contribution in [3.63, 3.8) is 0 Å². The monoisotopic (exact) mass is 614 g/mol. The van der Waals surface area contributed by atoms with Crippen LogP contribution in [0.2, 0.25) is 0 Å². The first-order valence-electron chi connectivity index (χ1n) is 14.8. The van der Waals surface area contributed by atoms with Gasteiger partial charge in [0, 0.05) is 63.4 Å². The zero-order valence-corrected chi connectivity index (χ0v) is 25.2. The number of anilines is 1. The smallest absolute Gasteiger partial charge is 0.418 e. The molecule has 1 N–H and O–H groups in total. The van der Waals surface area contributed by atoms with Crippen molar-refractivity contribution in [2.45, 2.75) is 32.9 Å². The van der Waals surface area contributed by atoms with Crippen LogP contribution in [0.3, 0.4) is 0 Å². The summed E-state index contributed by atoms with van der Waals surface area (Å²) in [6.07, 6.45) is 2.08. The Labute approximate surface area is 258 Å². The lowest BCUT2D eigenvalue weighted by molar-refractivity contribution is -0.137. The molecule has 2 aromatic carbocycles. The van der Waals surface area contributed by atoms with E-state index in [0.29, 0.717) is 72.1 Å². The van der Waals surface area contributed by atoms with Gasteiger partial charge in [-0.3, -0.25) is 9.78 Å². The highest BCUT2D eigenvalue weighted by Gasteiger charge is 2.36. The van der Waals surface area contributed by atoms with Gasteiger partial charge in [0.1, 0.15) is 11.3 Å². The van der Waals surface area contributed by atoms with Crippen LogP contribution in [0, 0.1) is 12.8 Å². The number of pyridine rings is 1. The molecule has 0 radical (unpaired) electrons. The molecule has 1 aliphatic rings. The first-order valence-corrected chi connectivity index (χ1v) is 14.8. The largest absolute Gasteiger partial charge is 0.437 e. The van der Waals surface area contributed by atoms with E-state index in [1.54, 1.807) is 41.6 Å². The summed E-state index contributed by atoms with van der Waals surface area (Å²) in [4.78, 5) is 26.5. The van der Waals surface area contributed by atoms with Gasteiger partial charge in [-0.15, -0.1) is 0 Å². The van der Waals surface area contributed by atoms with E-state index in [1.165, 1.54) is 13.0 Å². The van der Waals surface area contributed by atoms with E-state index >= 15 is 0 Å². The van der Waals surface area contributed by atoms with Crippen LogP contribution in [0.15, 0.2) is 73.2 Å². The number of alkyl halides is 3. The summed E-state index contributed by atoms with van der Waals surface area (Å²) in [7, 11) is 1.87. The summed E-state index contributed by atoms with van der Waals surface area (Å²) >= 11 is 0. The van der Waals surface area contributed by atoms with Gasteiger partial charge in [-0.25, -0.2) is 4.98 Å². The maximum absolute atomic E-state index is 14.4. The maximum Gasteiger partial charge on any atom is 0.418 e. The summed E-state index contributed by atoms with van der Waals surface area (Å²) in [6, 6.07) is 15.4. The van der Waals surface area contributed by atoms with E-state index < -0.39 is 11.7 Å². The lowest BCUT2D eigenvalue weighted by atomic mass is 9.94. The van der Waals surface area contributed by atoms with Gasteiger partial charge in [-0.1, -0.05) is 18.2 Å². The number of amides is 1. The minimum atomic E-state index is -4.54. The van der Waals surface area contributed by atoms with Crippen molar-refractivity contribution in [2.24, 2.45) is 13.0 Å². The van der Waals surface area contributed by atoms with Gasteiger partial charge in [0.2, 0.25) is 11.8 Å². The average Bonchev–Trinajstić information content (AvgIpc) is 3.41. The van der Waals surface area contributed by atoms with Crippen LogP contribution in [0.25, 0.3) is 33.5 Å². The van der Waals surface area contributed by atoms with Crippen molar-refractivity contribution in [3.8, 4) is 34.1 Å². The summed E-state index contributed by atoms with van der Waals surface area (Å²) < 4.78 is 51.6. The molecule has 3 aromatic heterocycles. The average molecular weight is 615 g/mol. The van der Waals surface area contributed by atoms with Crippen LogP contribution in [-0.4, -0.2) is 45.1 Å². The maximum atomic E-state index is 14.4. The summed E-state index contributed by atoms with van der Waals surface area (Å²) in [5, 5.41) is 2.82. The Kier molecular flexibility index (Phi) is 8.18. The minimum Gasteiger partial charge on any atom is -0.437 e. The highest BCUT2D eigenvalue weighted by molar-refractivity contribution is 5.83. The molecule has 4 heterocycles. The van der Waals surface area contributed by atoms with Gasteiger partial charge in [-0.2, -0.15) is 18.2 Å². The van der Waals surface area contributed by atoms with Gasteiger partial charge >= 0.3 is 6.18 Å². The lowest BCUT2D eigenvalue weighted by Crippen LogP contribution is -2.39. The van der Waals surface area contributed by atoms with Crippen LogP contribution in [-0.2, 0) is 18.0 Å². The van der Waals surface area contributed by atoms with Crippen LogP contribution < -0.4 is 15.0 Å². The van der Waals surface area contributed by atoms with Gasteiger partial charge in [0.05, 0.1) is 11.1 Å². The SMILES string of the molecule is CC(=O)NCC1CCN(c2ccc(-c3ccc(C)c(Oc4nc(-c5ccncc5)nc5ccn(C)c45)c3)cc2C(F)(F)F)CC1. The Morgan fingerprint density at radius 1 is 0.978 bits per heavy atom. The molecule has 11 heteroatoms. The molecule has 0 atom stereocenters. The number of nitrogens with zero attached hydrogens (tertiary/aromatic N) is 5. The van der Waals surface area contributed by atoms with Crippen LogP contribution in [0.1, 0.15) is 30.9 Å². The molecular weight excluding hydrogens is 581 g/mol. The van der Waals surface area contributed by atoms with Crippen molar-refractivity contribution in [1.29, 1.82) is 0 Å².